The van der Waals surface area contributed by atoms with E-state index in [1.807, 2.05) is 20.8 Å². The van der Waals surface area contributed by atoms with Crippen molar-refractivity contribution < 1.29 is 27.4 Å². The second-order valence-corrected chi connectivity index (χ2v) is 10.6. The number of halogens is 3. The number of hydrogen-bond donors (Lipinski definition) is 1. The van der Waals surface area contributed by atoms with Crippen molar-refractivity contribution in [2.75, 3.05) is 19.8 Å². The molecular formula is C26H36F3N4O3+. The van der Waals surface area contributed by atoms with Gasteiger partial charge in [0.25, 0.3) is 0 Å². The lowest BCUT2D eigenvalue weighted by atomic mass is 9.92. The summed E-state index contributed by atoms with van der Waals surface area (Å²) in [6.07, 6.45) is -1.60. The zero-order valence-corrected chi connectivity index (χ0v) is 21.4. The largest absolute Gasteiger partial charge is 0.570 e. The van der Waals surface area contributed by atoms with Crippen molar-refractivity contribution in [1.82, 2.24) is 19.3 Å². The fraction of sp³-hybridized carbons (Fsp3) is 0.615. The molecule has 0 unspecified atom stereocenters. The Morgan fingerprint density at radius 3 is 2.56 bits per heavy atom. The van der Waals surface area contributed by atoms with Gasteiger partial charge in [-0.25, -0.2) is 9.48 Å². The van der Waals surface area contributed by atoms with Gasteiger partial charge in [-0.05, 0) is 44.4 Å². The van der Waals surface area contributed by atoms with Crippen LogP contribution in [0.2, 0.25) is 0 Å². The number of carbonyl (C=O) groups is 1. The SMILES string of the molecule is Cn1c(C(C)(C)C)c/c(=[N+](/C(=O)c2ccccc2OC[C@@H]2CCCN2)C(F)(F)F)n1C[C@H]1CCCO1. The summed E-state index contributed by atoms with van der Waals surface area (Å²) in [7, 11) is 1.73. The minimum absolute atomic E-state index is 0.0623. The fourth-order valence-electron chi connectivity index (χ4n) is 4.98. The molecule has 0 spiro atoms. The van der Waals surface area contributed by atoms with Crippen molar-refractivity contribution >= 4 is 5.91 Å². The summed E-state index contributed by atoms with van der Waals surface area (Å²) in [5, 5.41) is 3.29. The number of alkyl halides is 3. The predicted octanol–water partition coefficient (Wildman–Crippen LogP) is 3.57. The van der Waals surface area contributed by atoms with E-state index in [4.69, 9.17) is 9.47 Å². The molecule has 7 nitrogen and oxygen atoms in total. The molecule has 0 aliphatic carbocycles. The third-order valence-corrected chi connectivity index (χ3v) is 6.82. The quantitative estimate of drug-likeness (QED) is 0.478. The number of benzene rings is 1. The molecule has 2 aliphatic rings. The minimum atomic E-state index is -4.95. The molecule has 2 atom stereocenters. The number of nitrogens with one attached hydrogen (secondary N) is 1. The van der Waals surface area contributed by atoms with Crippen LogP contribution in [-0.2, 0) is 23.7 Å². The lowest BCUT2D eigenvalue weighted by Gasteiger charge is -2.18. The molecule has 2 saturated heterocycles. The van der Waals surface area contributed by atoms with Gasteiger partial charge in [0.15, 0.2) is 0 Å². The van der Waals surface area contributed by atoms with E-state index in [0.29, 0.717) is 12.3 Å². The molecule has 4 rings (SSSR count). The fourth-order valence-corrected chi connectivity index (χ4v) is 4.98. The van der Waals surface area contributed by atoms with Gasteiger partial charge in [-0.1, -0.05) is 37.5 Å². The first-order chi connectivity index (χ1) is 17.0. The maximum absolute atomic E-state index is 14.6. The molecule has 1 N–H and O–H groups in total. The molecule has 0 radical (unpaired) electrons. The summed E-state index contributed by atoms with van der Waals surface area (Å²) in [4.78, 5) is 13.6. The molecule has 3 heterocycles. The normalized spacial score (nSPS) is 21.6. The number of para-hydroxylation sites is 1. The number of carbonyl (C=O) groups excluding carboxylic acids is 1. The summed E-state index contributed by atoms with van der Waals surface area (Å²) in [5.41, 5.74) is -0.129. The molecule has 1 aromatic heterocycles. The monoisotopic (exact) mass is 509 g/mol. The third kappa shape index (κ3) is 5.70. The van der Waals surface area contributed by atoms with Gasteiger partial charge >= 0.3 is 17.7 Å². The van der Waals surface area contributed by atoms with Crippen LogP contribution in [0.3, 0.4) is 0 Å². The summed E-state index contributed by atoms with van der Waals surface area (Å²) < 4.78 is 58.6. The summed E-state index contributed by atoms with van der Waals surface area (Å²) in [6.45, 7) is 7.76. The standard InChI is InChI=1S/C26H36F3N4O3/c1-25(2,3)22-15-23(32(31(22)4)16-19-10-8-14-35-19)33(26(27,28)29)24(34)20-11-5-6-12-21(20)36-17-18-9-7-13-30-18/h5-6,11-12,15,18-19,30H,7-10,13-14,16-17H2,1-4H3/q+1/t18-,19+/m0/s1. The first-order valence-corrected chi connectivity index (χ1v) is 12.5. The van der Waals surface area contributed by atoms with Crippen molar-refractivity contribution in [3.63, 3.8) is 0 Å². The highest BCUT2D eigenvalue weighted by Gasteiger charge is 2.47. The number of hydrogen-bond acceptors (Lipinski definition) is 4. The van der Waals surface area contributed by atoms with Crippen LogP contribution in [0, 0.1) is 0 Å². The Kier molecular flexibility index (Phi) is 7.66. The van der Waals surface area contributed by atoms with E-state index in [9.17, 15) is 18.0 Å². The van der Waals surface area contributed by atoms with Crippen molar-refractivity contribution in [1.29, 1.82) is 0 Å². The van der Waals surface area contributed by atoms with Gasteiger partial charge in [-0.3, -0.25) is 0 Å². The molecule has 198 valence electrons. The van der Waals surface area contributed by atoms with Crippen LogP contribution in [0.1, 0.15) is 62.5 Å². The summed E-state index contributed by atoms with van der Waals surface area (Å²) in [6, 6.07) is 7.72. The number of ether oxygens (including phenoxy) is 2. The third-order valence-electron chi connectivity index (χ3n) is 6.82. The summed E-state index contributed by atoms with van der Waals surface area (Å²) >= 11 is 0. The van der Waals surface area contributed by atoms with Crippen LogP contribution >= 0.6 is 0 Å². The smallest absolute Gasteiger partial charge is 0.491 e. The molecule has 1 aromatic carbocycles. The molecule has 2 aromatic rings. The van der Waals surface area contributed by atoms with Gasteiger partial charge < -0.3 is 14.8 Å². The first kappa shape index (κ1) is 26.5. The summed E-state index contributed by atoms with van der Waals surface area (Å²) in [5.74, 6) is -1.03. The van der Waals surface area contributed by atoms with E-state index in [-0.39, 0.29) is 46.7 Å². The Morgan fingerprint density at radius 2 is 1.94 bits per heavy atom. The van der Waals surface area contributed by atoms with E-state index >= 15 is 0 Å². The molecule has 36 heavy (non-hydrogen) atoms. The van der Waals surface area contributed by atoms with Gasteiger partial charge in [-0.15, -0.1) is 13.2 Å². The van der Waals surface area contributed by atoms with Crippen molar-refractivity contribution in [2.24, 2.45) is 7.05 Å². The van der Waals surface area contributed by atoms with Crippen LogP contribution in [0.25, 0.3) is 0 Å². The molecule has 0 saturated carbocycles. The van der Waals surface area contributed by atoms with Crippen molar-refractivity contribution in [3.8, 4) is 5.75 Å². The maximum atomic E-state index is 14.6. The van der Waals surface area contributed by atoms with E-state index in [1.165, 1.54) is 16.8 Å². The van der Waals surface area contributed by atoms with Crippen LogP contribution in [0.4, 0.5) is 13.2 Å². The Hall–Kier alpha value is -2.59. The van der Waals surface area contributed by atoms with Gasteiger partial charge in [0, 0.05) is 25.1 Å². The highest BCUT2D eigenvalue weighted by Crippen LogP contribution is 2.25. The van der Waals surface area contributed by atoms with E-state index in [1.54, 1.807) is 29.9 Å². The number of rotatable bonds is 6. The van der Waals surface area contributed by atoms with Gasteiger partial charge in [0.05, 0.1) is 17.9 Å². The average molecular weight is 510 g/mol. The molecule has 2 aliphatic heterocycles. The Bertz CT molecular complexity index is 1150. The van der Waals surface area contributed by atoms with Crippen LogP contribution < -0.4 is 20.1 Å². The average Bonchev–Trinajstić information content (AvgIpc) is 3.56. The number of nitrogens with zero attached hydrogens (tertiary/aromatic N) is 3. The zero-order valence-electron chi connectivity index (χ0n) is 21.4. The Morgan fingerprint density at radius 1 is 1.19 bits per heavy atom. The first-order valence-electron chi connectivity index (χ1n) is 12.5. The minimum Gasteiger partial charge on any atom is -0.491 e. The molecule has 2 fully saturated rings. The molecule has 1 amide bonds. The van der Waals surface area contributed by atoms with Crippen molar-refractivity contribution in [3.05, 3.63) is 47.1 Å². The van der Waals surface area contributed by atoms with Gasteiger partial charge in [0.1, 0.15) is 24.5 Å². The lowest BCUT2D eigenvalue weighted by molar-refractivity contribution is -0.165. The highest BCUT2D eigenvalue weighted by atomic mass is 19.4. The second-order valence-electron chi connectivity index (χ2n) is 10.6. The van der Waals surface area contributed by atoms with Crippen LogP contribution in [-0.4, -0.2) is 53.5 Å². The lowest BCUT2D eigenvalue weighted by Crippen LogP contribution is -2.49. The highest BCUT2D eigenvalue weighted by molar-refractivity contribution is 5.98. The van der Waals surface area contributed by atoms with Gasteiger partial charge in [-0.2, -0.15) is 4.68 Å². The number of aromatic nitrogens is 2. The Balaban J connectivity index is 1.84. The topological polar surface area (TPSA) is 60.4 Å². The van der Waals surface area contributed by atoms with E-state index in [0.717, 1.165) is 32.2 Å². The van der Waals surface area contributed by atoms with E-state index in [2.05, 4.69) is 5.32 Å². The molecular weight excluding hydrogens is 473 g/mol. The van der Waals surface area contributed by atoms with E-state index < -0.39 is 17.6 Å². The zero-order chi connectivity index (χ0) is 26.1. The molecule has 10 heteroatoms. The molecule has 0 bridgehead atoms. The predicted molar refractivity (Wildman–Crippen MR) is 130 cm³/mol. The second kappa shape index (κ2) is 10.4. The van der Waals surface area contributed by atoms with Crippen molar-refractivity contribution in [2.45, 2.75) is 76.9 Å². The number of amides is 1. The Labute approximate surface area is 209 Å². The van der Waals surface area contributed by atoms with Crippen LogP contribution in [0.5, 0.6) is 5.75 Å². The van der Waals surface area contributed by atoms with Crippen LogP contribution in [0.15, 0.2) is 30.3 Å². The van der Waals surface area contributed by atoms with Gasteiger partial charge in [0.2, 0.25) is 0 Å². The maximum Gasteiger partial charge on any atom is 0.570 e.